The summed E-state index contributed by atoms with van der Waals surface area (Å²) < 4.78 is 19.9. The molecule has 5 heteroatoms. The zero-order valence-corrected chi connectivity index (χ0v) is 14.0. The highest BCUT2D eigenvalue weighted by Crippen LogP contribution is 2.33. The first-order valence-corrected chi connectivity index (χ1v) is 8.53. The van der Waals surface area contributed by atoms with Crippen LogP contribution in [0.4, 0.5) is 10.1 Å². The second kappa shape index (κ2) is 6.31. The number of Topliss-reactive ketones (excluding diaryl/α,β-unsaturated/α-hetero) is 1. The third kappa shape index (κ3) is 2.90. The second-order valence-corrected chi connectivity index (χ2v) is 6.47. The smallest absolute Gasteiger partial charge is 0.198 e. The molecule has 3 aromatic rings. The molecule has 0 spiro atoms. The van der Waals surface area contributed by atoms with E-state index in [0.717, 1.165) is 42.9 Å². The van der Waals surface area contributed by atoms with Gasteiger partial charge < -0.3 is 9.32 Å². The highest BCUT2D eigenvalue weighted by molar-refractivity contribution is 6.00. The van der Waals surface area contributed by atoms with E-state index in [1.165, 1.54) is 13.0 Å². The number of ketones is 1. The third-order valence-electron chi connectivity index (χ3n) is 4.84. The van der Waals surface area contributed by atoms with Gasteiger partial charge in [-0.25, -0.2) is 9.37 Å². The maximum absolute atomic E-state index is 14.0. The van der Waals surface area contributed by atoms with Crippen molar-refractivity contribution < 1.29 is 13.6 Å². The van der Waals surface area contributed by atoms with E-state index in [1.807, 2.05) is 30.3 Å². The first kappa shape index (κ1) is 15.8. The fourth-order valence-electron chi connectivity index (χ4n) is 3.56. The Morgan fingerprint density at radius 2 is 1.92 bits per heavy atom. The van der Waals surface area contributed by atoms with E-state index < -0.39 is 5.82 Å². The monoisotopic (exact) mass is 338 g/mol. The van der Waals surface area contributed by atoms with Gasteiger partial charge in [-0.2, -0.15) is 0 Å². The molecule has 0 atom stereocenters. The zero-order chi connectivity index (χ0) is 17.4. The van der Waals surface area contributed by atoms with Crippen molar-refractivity contribution in [2.75, 3.05) is 18.0 Å². The van der Waals surface area contributed by atoms with Crippen LogP contribution in [0.25, 0.3) is 11.1 Å². The van der Waals surface area contributed by atoms with Crippen molar-refractivity contribution in [2.24, 2.45) is 0 Å². The van der Waals surface area contributed by atoms with E-state index in [-0.39, 0.29) is 17.3 Å². The number of hydrogen-bond donors (Lipinski definition) is 0. The van der Waals surface area contributed by atoms with Crippen LogP contribution < -0.4 is 4.90 Å². The lowest BCUT2D eigenvalue weighted by molar-refractivity contribution is 0.101. The van der Waals surface area contributed by atoms with Gasteiger partial charge in [0.25, 0.3) is 0 Å². The van der Waals surface area contributed by atoms with Crippen LogP contribution in [-0.2, 0) is 0 Å². The Morgan fingerprint density at radius 1 is 1.16 bits per heavy atom. The molecule has 1 aliphatic rings. The lowest BCUT2D eigenvalue weighted by Crippen LogP contribution is -2.34. The molecule has 0 bridgehead atoms. The summed E-state index contributed by atoms with van der Waals surface area (Å²) >= 11 is 0. The van der Waals surface area contributed by atoms with Crippen molar-refractivity contribution in [3.63, 3.8) is 0 Å². The number of rotatable bonds is 3. The number of oxazole rings is 1. The van der Waals surface area contributed by atoms with Gasteiger partial charge in [0.05, 0.1) is 11.3 Å². The average molecular weight is 338 g/mol. The number of fused-ring (bicyclic) bond motifs is 1. The van der Waals surface area contributed by atoms with Crippen molar-refractivity contribution in [1.82, 2.24) is 4.98 Å². The Labute approximate surface area is 145 Å². The number of benzene rings is 2. The molecule has 0 saturated carbocycles. The first-order chi connectivity index (χ1) is 12.1. The minimum Gasteiger partial charge on any atom is -0.440 e. The summed E-state index contributed by atoms with van der Waals surface area (Å²) in [5, 5.41) is 0. The molecule has 1 saturated heterocycles. The van der Waals surface area contributed by atoms with Gasteiger partial charge in [0, 0.05) is 19.0 Å². The van der Waals surface area contributed by atoms with Gasteiger partial charge >= 0.3 is 0 Å². The molecule has 4 rings (SSSR count). The minimum atomic E-state index is -0.453. The summed E-state index contributed by atoms with van der Waals surface area (Å²) in [7, 11) is 0. The zero-order valence-electron chi connectivity index (χ0n) is 14.0. The fraction of sp³-hybridized carbons (Fsp3) is 0.300. The van der Waals surface area contributed by atoms with Gasteiger partial charge in [-0.15, -0.1) is 0 Å². The van der Waals surface area contributed by atoms with Gasteiger partial charge in [-0.05, 0) is 44.0 Å². The summed E-state index contributed by atoms with van der Waals surface area (Å²) in [6.07, 6.45) is 1.72. The first-order valence-electron chi connectivity index (χ1n) is 8.53. The van der Waals surface area contributed by atoms with Crippen LogP contribution in [0.1, 0.15) is 41.9 Å². The highest BCUT2D eigenvalue weighted by Gasteiger charge is 2.27. The third-order valence-corrected chi connectivity index (χ3v) is 4.84. The minimum absolute atomic E-state index is 0.183. The van der Waals surface area contributed by atoms with E-state index in [0.29, 0.717) is 5.69 Å². The highest BCUT2D eigenvalue weighted by atomic mass is 19.1. The summed E-state index contributed by atoms with van der Waals surface area (Å²) in [4.78, 5) is 18.5. The van der Waals surface area contributed by atoms with Gasteiger partial charge in [0.1, 0.15) is 11.3 Å². The molecule has 0 N–H and O–H groups in total. The number of halogens is 1. The van der Waals surface area contributed by atoms with Gasteiger partial charge in [0.2, 0.25) is 0 Å². The van der Waals surface area contributed by atoms with Crippen LogP contribution in [0.15, 0.2) is 46.9 Å². The predicted molar refractivity (Wildman–Crippen MR) is 94.6 cm³/mol. The average Bonchev–Trinajstić information content (AvgIpc) is 3.05. The van der Waals surface area contributed by atoms with Crippen LogP contribution in [-0.4, -0.2) is 23.9 Å². The Morgan fingerprint density at radius 3 is 2.64 bits per heavy atom. The SMILES string of the molecule is CC(=O)c1c(F)cccc1N1CCC(c2nc3ccccc3o2)CC1. The van der Waals surface area contributed by atoms with Crippen molar-refractivity contribution in [1.29, 1.82) is 0 Å². The fourth-order valence-corrected chi connectivity index (χ4v) is 3.56. The van der Waals surface area contributed by atoms with Crippen molar-refractivity contribution in [3.05, 3.63) is 59.7 Å². The van der Waals surface area contributed by atoms with Gasteiger partial charge in [-0.3, -0.25) is 4.79 Å². The number of carbonyl (C=O) groups excluding carboxylic acids is 1. The van der Waals surface area contributed by atoms with E-state index in [2.05, 4.69) is 9.88 Å². The second-order valence-electron chi connectivity index (χ2n) is 6.47. The number of piperidine rings is 1. The molecule has 4 nitrogen and oxygen atoms in total. The number of aromatic nitrogens is 1. The van der Waals surface area contributed by atoms with Crippen molar-refractivity contribution in [3.8, 4) is 0 Å². The molecule has 1 aromatic heterocycles. The molecule has 0 radical (unpaired) electrons. The molecular formula is C20H19FN2O2. The summed E-state index contributed by atoms with van der Waals surface area (Å²) in [5.41, 5.74) is 2.55. The molecule has 0 amide bonds. The van der Waals surface area contributed by atoms with E-state index in [9.17, 15) is 9.18 Å². The van der Waals surface area contributed by atoms with Crippen LogP contribution in [0, 0.1) is 5.82 Å². The number of nitrogens with zero attached hydrogens (tertiary/aromatic N) is 2. The maximum Gasteiger partial charge on any atom is 0.198 e. The molecule has 1 fully saturated rings. The normalized spacial score (nSPS) is 15.7. The Kier molecular flexibility index (Phi) is 3.99. The molecule has 2 aromatic carbocycles. The lowest BCUT2D eigenvalue weighted by Gasteiger charge is -2.33. The number of para-hydroxylation sites is 2. The maximum atomic E-state index is 14.0. The van der Waals surface area contributed by atoms with Crippen LogP contribution in [0.2, 0.25) is 0 Å². The Hall–Kier alpha value is -2.69. The van der Waals surface area contributed by atoms with Crippen LogP contribution >= 0.6 is 0 Å². The number of hydrogen-bond acceptors (Lipinski definition) is 4. The van der Waals surface area contributed by atoms with Crippen molar-refractivity contribution in [2.45, 2.75) is 25.7 Å². The molecule has 2 heterocycles. The molecular weight excluding hydrogens is 319 g/mol. The number of anilines is 1. The van der Waals surface area contributed by atoms with Crippen molar-refractivity contribution >= 4 is 22.6 Å². The van der Waals surface area contributed by atoms with E-state index >= 15 is 0 Å². The molecule has 25 heavy (non-hydrogen) atoms. The molecule has 0 unspecified atom stereocenters. The molecule has 0 aliphatic carbocycles. The van der Waals surface area contributed by atoms with E-state index in [1.54, 1.807) is 6.07 Å². The topological polar surface area (TPSA) is 46.3 Å². The standard InChI is InChI=1S/C20H19FN2O2/c1-13(24)19-15(21)5-4-7-17(19)23-11-9-14(10-12-23)20-22-16-6-2-3-8-18(16)25-20/h2-8,14H,9-12H2,1H3. The summed E-state index contributed by atoms with van der Waals surface area (Å²) in [6, 6.07) is 12.6. The molecule has 128 valence electrons. The van der Waals surface area contributed by atoms with Gasteiger partial charge in [0.15, 0.2) is 17.3 Å². The van der Waals surface area contributed by atoms with Crippen LogP contribution in [0.3, 0.4) is 0 Å². The lowest BCUT2D eigenvalue weighted by atomic mass is 9.95. The Bertz CT molecular complexity index is 893. The van der Waals surface area contributed by atoms with Crippen LogP contribution in [0.5, 0.6) is 0 Å². The van der Waals surface area contributed by atoms with E-state index in [4.69, 9.17) is 4.42 Å². The largest absolute Gasteiger partial charge is 0.440 e. The Balaban J connectivity index is 1.54. The van der Waals surface area contributed by atoms with Gasteiger partial charge in [-0.1, -0.05) is 18.2 Å². The molecule has 1 aliphatic heterocycles. The number of carbonyl (C=O) groups is 1. The quantitative estimate of drug-likeness (QED) is 0.657. The summed E-state index contributed by atoms with van der Waals surface area (Å²) in [6.45, 7) is 2.90. The predicted octanol–water partition coefficient (Wildman–Crippen LogP) is 4.55. The summed E-state index contributed by atoms with van der Waals surface area (Å²) in [5.74, 6) is 0.324.